The molecule has 0 atom stereocenters. The van der Waals surface area contributed by atoms with Crippen LogP contribution in [0, 0.1) is 0 Å². The van der Waals surface area contributed by atoms with Gasteiger partial charge < -0.3 is 20.4 Å². The number of rotatable bonds is 8. The second kappa shape index (κ2) is 11.2. The van der Waals surface area contributed by atoms with E-state index in [1.165, 1.54) is 0 Å². The van der Waals surface area contributed by atoms with E-state index in [1.54, 1.807) is 23.9 Å². The summed E-state index contributed by atoms with van der Waals surface area (Å²) in [5.74, 6) is -0.407. The number of thiocarbonyl (C=S) groups is 2. The van der Waals surface area contributed by atoms with Crippen molar-refractivity contribution in [2.45, 2.75) is 6.42 Å². The maximum atomic E-state index is 12.2. The summed E-state index contributed by atoms with van der Waals surface area (Å²) < 4.78 is 0. The van der Waals surface area contributed by atoms with Crippen molar-refractivity contribution >= 4 is 57.6 Å². The number of ketones is 2. The van der Waals surface area contributed by atoms with Gasteiger partial charge in [-0.2, -0.15) is 0 Å². The van der Waals surface area contributed by atoms with Gasteiger partial charge in [0.15, 0.2) is 21.8 Å². The number of likely N-dealkylation sites (N-methyl/N-ethyl adjacent to an activating group) is 2. The third-order valence-corrected chi connectivity index (χ3v) is 4.79. The van der Waals surface area contributed by atoms with E-state index in [9.17, 15) is 9.59 Å². The zero-order valence-electron chi connectivity index (χ0n) is 16.4. The van der Waals surface area contributed by atoms with E-state index in [0.717, 1.165) is 11.4 Å². The summed E-state index contributed by atoms with van der Waals surface area (Å²) in [4.78, 5) is 27.7. The molecule has 29 heavy (non-hydrogen) atoms. The Balaban J connectivity index is 1.75. The number of hydrogen-bond acceptors (Lipinski definition) is 4. The van der Waals surface area contributed by atoms with Gasteiger partial charge in [-0.1, -0.05) is 36.4 Å². The number of hydrogen-bond donors (Lipinski definition) is 2. The molecule has 0 fully saturated rings. The average Bonchev–Trinajstić information content (AvgIpc) is 2.69. The lowest BCUT2D eigenvalue weighted by molar-refractivity contribution is -0.127. The molecule has 0 bridgehead atoms. The predicted molar refractivity (Wildman–Crippen MR) is 125 cm³/mol. The molecule has 0 saturated carbocycles. The van der Waals surface area contributed by atoms with Gasteiger partial charge in [-0.15, -0.1) is 0 Å². The first-order valence-corrected chi connectivity index (χ1v) is 9.84. The minimum absolute atomic E-state index is 0.0564. The molecule has 2 N–H and O–H groups in total. The van der Waals surface area contributed by atoms with E-state index in [0.29, 0.717) is 10.2 Å². The highest BCUT2D eigenvalue weighted by molar-refractivity contribution is 7.80. The normalized spacial score (nSPS) is 10.0. The highest BCUT2D eigenvalue weighted by Gasteiger charge is 2.16. The predicted octanol–water partition coefficient (Wildman–Crippen LogP) is 3.17. The van der Waals surface area contributed by atoms with Crippen LogP contribution in [0.4, 0.5) is 11.4 Å². The van der Waals surface area contributed by atoms with E-state index < -0.39 is 0 Å². The van der Waals surface area contributed by atoms with Crippen LogP contribution in [0.2, 0.25) is 0 Å². The molecular formula is C21H24N4O2S2. The van der Waals surface area contributed by atoms with Crippen LogP contribution in [0.3, 0.4) is 0 Å². The number of nitrogens with zero attached hydrogens (tertiary/aromatic N) is 2. The summed E-state index contributed by atoms with van der Waals surface area (Å²) in [6.45, 7) is 0.113. The molecule has 8 heteroatoms. The van der Waals surface area contributed by atoms with Gasteiger partial charge in [-0.3, -0.25) is 9.59 Å². The van der Waals surface area contributed by atoms with Gasteiger partial charge in [0.2, 0.25) is 0 Å². The summed E-state index contributed by atoms with van der Waals surface area (Å²) in [6, 6.07) is 18.9. The fourth-order valence-corrected chi connectivity index (χ4v) is 2.85. The molecule has 0 saturated heterocycles. The topological polar surface area (TPSA) is 64.7 Å². The van der Waals surface area contributed by atoms with Crippen molar-refractivity contribution in [1.29, 1.82) is 0 Å². The second-order valence-corrected chi connectivity index (χ2v) is 7.33. The summed E-state index contributed by atoms with van der Waals surface area (Å²) in [5.41, 5.74) is 1.68. The van der Waals surface area contributed by atoms with Gasteiger partial charge >= 0.3 is 0 Å². The fraction of sp³-hybridized carbons (Fsp3) is 0.238. The van der Waals surface area contributed by atoms with Crippen molar-refractivity contribution in [3.05, 3.63) is 60.7 Å². The number of Topliss-reactive ketones (excluding diaryl/α,β-unsaturated/α-hetero) is 2. The lowest BCUT2D eigenvalue weighted by Crippen LogP contribution is -2.38. The van der Waals surface area contributed by atoms with Crippen molar-refractivity contribution < 1.29 is 9.59 Å². The fourth-order valence-electron chi connectivity index (χ4n) is 2.49. The lowest BCUT2D eigenvalue weighted by atomic mass is 10.2. The van der Waals surface area contributed by atoms with Crippen LogP contribution in [0.15, 0.2) is 60.7 Å². The molecule has 0 aliphatic rings. The van der Waals surface area contributed by atoms with Crippen LogP contribution in [0.5, 0.6) is 0 Å². The summed E-state index contributed by atoms with van der Waals surface area (Å²) >= 11 is 10.6. The Morgan fingerprint density at radius 3 is 1.41 bits per heavy atom. The molecule has 0 heterocycles. The van der Waals surface area contributed by atoms with Crippen LogP contribution >= 0.6 is 24.4 Å². The van der Waals surface area contributed by atoms with Gasteiger partial charge in [0.1, 0.15) is 0 Å². The summed E-state index contributed by atoms with van der Waals surface area (Å²) in [7, 11) is 3.43. The molecular weight excluding hydrogens is 404 g/mol. The SMILES string of the molecule is CN(CC(=O)CC(=O)CN(C)C(=S)Nc1ccccc1)C(=S)Nc1ccccc1. The van der Waals surface area contributed by atoms with E-state index >= 15 is 0 Å². The molecule has 6 nitrogen and oxygen atoms in total. The van der Waals surface area contributed by atoms with Crippen LogP contribution in [0.25, 0.3) is 0 Å². The number of benzene rings is 2. The second-order valence-electron chi connectivity index (χ2n) is 6.56. The monoisotopic (exact) mass is 428 g/mol. The van der Waals surface area contributed by atoms with Crippen LogP contribution in [-0.2, 0) is 9.59 Å². The van der Waals surface area contributed by atoms with Crippen molar-refractivity contribution in [1.82, 2.24) is 9.80 Å². The highest BCUT2D eigenvalue weighted by atomic mass is 32.1. The molecule has 0 aromatic heterocycles. The molecule has 152 valence electrons. The number of anilines is 2. The standard InChI is InChI=1S/C21H24N4O2S2/c1-24(20(28)22-16-9-5-3-6-10-16)14-18(26)13-19(27)15-25(2)21(29)23-17-11-7-4-8-12-17/h3-12H,13-15H2,1-2H3,(H,22,28)(H,23,29). The van der Waals surface area contributed by atoms with Crippen LogP contribution < -0.4 is 10.6 Å². The first kappa shape index (κ1) is 22.4. The minimum atomic E-state index is -0.204. The molecule has 0 aliphatic heterocycles. The molecule has 2 rings (SSSR count). The quantitative estimate of drug-likeness (QED) is 0.491. The minimum Gasteiger partial charge on any atom is -0.345 e. The van der Waals surface area contributed by atoms with Gasteiger partial charge in [-0.25, -0.2) is 0 Å². The average molecular weight is 429 g/mol. The summed E-state index contributed by atoms with van der Waals surface area (Å²) in [6.07, 6.45) is -0.170. The number of carbonyl (C=O) groups excluding carboxylic acids is 2. The van der Waals surface area contributed by atoms with Crippen molar-refractivity contribution in [2.24, 2.45) is 0 Å². The number of para-hydroxylation sites is 2. The maximum absolute atomic E-state index is 12.2. The zero-order chi connectivity index (χ0) is 21.2. The van der Waals surface area contributed by atoms with Gasteiger partial charge in [0, 0.05) is 25.5 Å². The Hall–Kier alpha value is -2.84. The Morgan fingerprint density at radius 1 is 0.724 bits per heavy atom. The van der Waals surface area contributed by atoms with E-state index in [4.69, 9.17) is 24.4 Å². The van der Waals surface area contributed by atoms with E-state index in [2.05, 4.69) is 10.6 Å². The molecule has 2 aromatic carbocycles. The van der Waals surface area contributed by atoms with Gasteiger partial charge in [0.05, 0.1) is 19.5 Å². The maximum Gasteiger partial charge on any atom is 0.173 e. The third-order valence-electron chi connectivity index (χ3n) is 3.96. The smallest absolute Gasteiger partial charge is 0.173 e. The highest BCUT2D eigenvalue weighted by Crippen LogP contribution is 2.07. The molecule has 0 aliphatic carbocycles. The van der Waals surface area contributed by atoms with Crippen molar-refractivity contribution in [2.75, 3.05) is 37.8 Å². The van der Waals surface area contributed by atoms with Crippen molar-refractivity contribution in [3.63, 3.8) is 0 Å². The Bertz CT molecular complexity index is 788. The zero-order valence-corrected chi connectivity index (χ0v) is 18.1. The Kier molecular flexibility index (Phi) is 8.69. The molecule has 0 radical (unpaired) electrons. The Morgan fingerprint density at radius 2 is 1.07 bits per heavy atom. The number of nitrogens with one attached hydrogen (secondary N) is 2. The largest absolute Gasteiger partial charge is 0.345 e. The van der Waals surface area contributed by atoms with Crippen LogP contribution in [-0.4, -0.2) is 58.8 Å². The molecule has 2 aromatic rings. The van der Waals surface area contributed by atoms with Crippen LogP contribution in [0.1, 0.15) is 6.42 Å². The first-order valence-electron chi connectivity index (χ1n) is 9.03. The van der Waals surface area contributed by atoms with E-state index in [1.807, 2.05) is 60.7 Å². The lowest BCUT2D eigenvalue weighted by Gasteiger charge is -2.21. The van der Waals surface area contributed by atoms with Gasteiger partial charge in [0.25, 0.3) is 0 Å². The molecule has 0 spiro atoms. The van der Waals surface area contributed by atoms with Crippen molar-refractivity contribution in [3.8, 4) is 0 Å². The Labute approximate surface area is 181 Å². The van der Waals surface area contributed by atoms with E-state index in [-0.39, 0.29) is 31.1 Å². The number of carbonyl (C=O) groups is 2. The molecule has 0 amide bonds. The third kappa shape index (κ3) is 7.97. The first-order chi connectivity index (χ1) is 13.8. The summed E-state index contributed by atoms with van der Waals surface area (Å²) in [5, 5.41) is 6.95. The van der Waals surface area contributed by atoms with Gasteiger partial charge in [-0.05, 0) is 48.7 Å². The molecule has 0 unspecified atom stereocenters.